The highest BCUT2D eigenvalue weighted by Gasteiger charge is 1.86. The molecular formula is C12H24O. The number of aliphatic hydroxyl groups excluding tert-OH is 1. The van der Waals surface area contributed by atoms with Crippen LogP contribution in [0.3, 0.4) is 0 Å². The second-order valence-electron chi connectivity index (χ2n) is 3.54. The van der Waals surface area contributed by atoms with Crippen LogP contribution in [0.5, 0.6) is 0 Å². The first-order valence-corrected chi connectivity index (χ1v) is 5.67. The number of unbranched alkanes of at least 4 members (excludes halogenated alkanes) is 6. The van der Waals surface area contributed by atoms with E-state index in [-0.39, 0.29) is 0 Å². The van der Waals surface area contributed by atoms with Crippen LogP contribution in [0.15, 0.2) is 12.2 Å². The van der Waals surface area contributed by atoms with Crippen LogP contribution in [0, 0.1) is 0 Å². The summed E-state index contributed by atoms with van der Waals surface area (Å²) in [5.41, 5.74) is 0. The predicted molar refractivity (Wildman–Crippen MR) is 58.8 cm³/mol. The van der Waals surface area contributed by atoms with Gasteiger partial charge in [-0.1, -0.05) is 44.8 Å². The summed E-state index contributed by atoms with van der Waals surface area (Å²) in [6, 6.07) is 0. The van der Waals surface area contributed by atoms with Crippen LogP contribution in [-0.2, 0) is 0 Å². The molecule has 1 N–H and O–H groups in total. The predicted octanol–water partition coefficient (Wildman–Crippen LogP) is 3.68. The molecule has 13 heavy (non-hydrogen) atoms. The first kappa shape index (κ1) is 12.7. The molecule has 0 aliphatic carbocycles. The Morgan fingerprint density at radius 3 is 2.08 bits per heavy atom. The van der Waals surface area contributed by atoms with Gasteiger partial charge in [0.2, 0.25) is 0 Å². The molecule has 0 fully saturated rings. The van der Waals surface area contributed by atoms with Gasteiger partial charge in [0.15, 0.2) is 0 Å². The fourth-order valence-electron chi connectivity index (χ4n) is 1.31. The number of aliphatic hydroxyl groups is 1. The Kier molecular flexibility index (Phi) is 11.4. The number of hydrogen-bond acceptors (Lipinski definition) is 1. The molecule has 1 heteroatoms. The van der Waals surface area contributed by atoms with Crippen LogP contribution < -0.4 is 0 Å². The van der Waals surface area contributed by atoms with Gasteiger partial charge in [-0.05, 0) is 25.7 Å². The zero-order chi connectivity index (χ0) is 9.78. The Balaban J connectivity index is 2.93. The van der Waals surface area contributed by atoms with E-state index in [1.165, 1.54) is 38.5 Å². The van der Waals surface area contributed by atoms with Crippen LogP contribution in [-0.4, -0.2) is 11.7 Å². The van der Waals surface area contributed by atoms with E-state index in [1.807, 2.05) is 0 Å². The van der Waals surface area contributed by atoms with Gasteiger partial charge in [-0.15, -0.1) is 0 Å². The van der Waals surface area contributed by atoms with Gasteiger partial charge in [0.25, 0.3) is 0 Å². The topological polar surface area (TPSA) is 20.2 Å². The molecule has 0 aromatic heterocycles. The third-order valence-corrected chi connectivity index (χ3v) is 2.17. The third-order valence-electron chi connectivity index (χ3n) is 2.17. The molecule has 0 atom stereocenters. The Morgan fingerprint density at radius 2 is 1.46 bits per heavy atom. The molecule has 0 aromatic rings. The average molecular weight is 184 g/mol. The lowest BCUT2D eigenvalue weighted by atomic mass is 10.1. The van der Waals surface area contributed by atoms with E-state index in [2.05, 4.69) is 19.1 Å². The van der Waals surface area contributed by atoms with E-state index >= 15 is 0 Å². The van der Waals surface area contributed by atoms with E-state index in [9.17, 15) is 0 Å². The minimum absolute atomic E-state index is 0.320. The molecule has 0 aliphatic rings. The highest BCUT2D eigenvalue weighted by Crippen LogP contribution is 2.05. The molecule has 0 saturated carbocycles. The molecule has 0 aromatic carbocycles. The zero-order valence-electron chi connectivity index (χ0n) is 8.97. The number of hydrogen-bond donors (Lipinski definition) is 1. The van der Waals surface area contributed by atoms with Crippen molar-refractivity contribution in [2.24, 2.45) is 0 Å². The molecule has 78 valence electrons. The molecule has 0 amide bonds. The lowest BCUT2D eigenvalue weighted by Crippen LogP contribution is -1.79. The summed E-state index contributed by atoms with van der Waals surface area (Å²) in [5, 5.41) is 8.53. The second-order valence-corrected chi connectivity index (χ2v) is 3.54. The Hall–Kier alpha value is -0.300. The summed E-state index contributed by atoms with van der Waals surface area (Å²) in [7, 11) is 0. The van der Waals surface area contributed by atoms with Crippen molar-refractivity contribution in [1.29, 1.82) is 0 Å². The van der Waals surface area contributed by atoms with Crippen LogP contribution in [0.4, 0.5) is 0 Å². The maximum atomic E-state index is 8.53. The SMILES string of the molecule is CCCCCCCC=CCCCO. The maximum absolute atomic E-state index is 8.53. The molecule has 0 radical (unpaired) electrons. The summed E-state index contributed by atoms with van der Waals surface area (Å²) < 4.78 is 0. The molecule has 0 heterocycles. The zero-order valence-corrected chi connectivity index (χ0v) is 8.97. The largest absolute Gasteiger partial charge is 0.396 e. The Labute approximate surface area is 82.9 Å². The monoisotopic (exact) mass is 184 g/mol. The van der Waals surface area contributed by atoms with Gasteiger partial charge in [0.05, 0.1) is 0 Å². The highest BCUT2D eigenvalue weighted by atomic mass is 16.2. The van der Waals surface area contributed by atoms with Crippen LogP contribution in [0.2, 0.25) is 0 Å². The standard InChI is InChI=1S/C12H24O/c1-2-3-4-5-6-7-8-9-10-11-12-13/h8-9,13H,2-7,10-12H2,1H3. The first-order chi connectivity index (χ1) is 6.41. The van der Waals surface area contributed by atoms with Gasteiger partial charge in [-0.3, -0.25) is 0 Å². The highest BCUT2D eigenvalue weighted by molar-refractivity contribution is 4.81. The van der Waals surface area contributed by atoms with E-state index in [0.717, 1.165) is 12.8 Å². The van der Waals surface area contributed by atoms with Crippen molar-refractivity contribution in [2.45, 2.75) is 58.3 Å². The first-order valence-electron chi connectivity index (χ1n) is 5.67. The molecule has 0 bridgehead atoms. The van der Waals surface area contributed by atoms with E-state index in [4.69, 9.17) is 5.11 Å². The van der Waals surface area contributed by atoms with Gasteiger partial charge in [0.1, 0.15) is 0 Å². The third kappa shape index (κ3) is 11.7. The lowest BCUT2D eigenvalue weighted by molar-refractivity contribution is 0.289. The van der Waals surface area contributed by atoms with E-state index < -0.39 is 0 Å². The summed E-state index contributed by atoms with van der Waals surface area (Å²) in [5.74, 6) is 0. The molecular weight excluding hydrogens is 160 g/mol. The summed E-state index contributed by atoms with van der Waals surface area (Å²) in [4.78, 5) is 0. The minimum Gasteiger partial charge on any atom is -0.396 e. The fraction of sp³-hybridized carbons (Fsp3) is 0.833. The van der Waals surface area contributed by atoms with Crippen molar-refractivity contribution in [3.8, 4) is 0 Å². The van der Waals surface area contributed by atoms with Crippen LogP contribution in [0.25, 0.3) is 0 Å². The normalized spacial score (nSPS) is 11.2. The van der Waals surface area contributed by atoms with Crippen molar-refractivity contribution in [3.05, 3.63) is 12.2 Å². The van der Waals surface area contributed by atoms with Crippen LogP contribution in [0.1, 0.15) is 58.3 Å². The van der Waals surface area contributed by atoms with Crippen molar-refractivity contribution in [2.75, 3.05) is 6.61 Å². The van der Waals surface area contributed by atoms with Crippen molar-refractivity contribution >= 4 is 0 Å². The minimum atomic E-state index is 0.320. The second kappa shape index (κ2) is 11.7. The Morgan fingerprint density at radius 1 is 0.846 bits per heavy atom. The summed E-state index contributed by atoms with van der Waals surface area (Å²) in [6.45, 7) is 2.57. The van der Waals surface area contributed by atoms with Gasteiger partial charge >= 0.3 is 0 Å². The lowest BCUT2D eigenvalue weighted by Gasteiger charge is -1.95. The van der Waals surface area contributed by atoms with Crippen molar-refractivity contribution in [3.63, 3.8) is 0 Å². The molecule has 0 aliphatic heterocycles. The molecule has 0 spiro atoms. The number of allylic oxidation sites excluding steroid dienone is 2. The van der Waals surface area contributed by atoms with Crippen molar-refractivity contribution in [1.82, 2.24) is 0 Å². The fourth-order valence-corrected chi connectivity index (χ4v) is 1.31. The Bertz CT molecular complexity index is 108. The van der Waals surface area contributed by atoms with Crippen LogP contribution >= 0.6 is 0 Å². The smallest absolute Gasteiger partial charge is 0.0433 e. The quantitative estimate of drug-likeness (QED) is 0.428. The molecule has 1 nitrogen and oxygen atoms in total. The van der Waals surface area contributed by atoms with Gasteiger partial charge in [0, 0.05) is 6.61 Å². The molecule has 0 rings (SSSR count). The van der Waals surface area contributed by atoms with Gasteiger partial charge < -0.3 is 5.11 Å². The molecule has 0 unspecified atom stereocenters. The maximum Gasteiger partial charge on any atom is 0.0433 e. The van der Waals surface area contributed by atoms with E-state index in [0.29, 0.717) is 6.61 Å². The van der Waals surface area contributed by atoms with E-state index in [1.54, 1.807) is 0 Å². The summed E-state index contributed by atoms with van der Waals surface area (Å²) >= 11 is 0. The average Bonchev–Trinajstić information content (AvgIpc) is 2.16. The van der Waals surface area contributed by atoms with Crippen molar-refractivity contribution < 1.29 is 5.11 Å². The number of rotatable bonds is 9. The summed E-state index contributed by atoms with van der Waals surface area (Å²) in [6.07, 6.45) is 14.4. The van der Waals surface area contributed by atoms with Gasteiger partial charge in [-0.25, -0.2) is 0 Å². The molecule has 0 saturated heterocycles. The van der Waals surface area contributed by atoms with Gasteiger partial charge in [-0.2, -0.15) is 0 Å².